The van der Waals surface area contributed by atoms with Crippen molar-refractivity contribution in [2.75, 3.05) is 13.7 Å². The van der Waals surface area contributed by atoms with Gasteiger partial charge in [0, 0.05) is 11.6 Å². The molecule has 6 nitrogen and oxygen atoms in total. The molecule has 0 bridgehead atoms. The highest BCUT2D eigenvalue weighted by atomic mass is 16.5. The van der Waals surface area contributed by atoms with E-state index in [9.17, 15) is 9.59 Å². The summed E-state index contributed by atoms with van der Waals surface area (Å²) in [5, 5.41) is 8.98. The van der Waals surface area contributed by atoms with Gasteiger partial charge in [-0.1, -0.05) is 12.1 Å². The Morgan fingerprint density at radius 2 is 1.83 bits per heavy atom. The van der Waals surface area contributed by atoms with E-state index < -0.39 is 5.97 Å². The van der Waals surface area contributed by atoms with Crippen LogP contribution in [0.5, 0.6) is 0 Å². The van der Waals surface area contributed by atoms with E-state index in [1.807, 2.05) is 30.9 Å². The van der Waals surface area contributed by atoms with E-state index in [1.165, 1.54) is 7.11 Å². The molecule has 1 N–H and O–H groups in total. The molecule has 24 heavy (non-hydrogen) atoms. The zero-order valence-electron chi connectivity index (χ0n) is 14.0. The lowest BCUT2D eigenvalue weighted by Crippen LogP contribution is -2.34. The third-order valence-corrected chi connectivity index (χ3v) is 3.68. The van der Waals surface area contributed by atoms with Gasteiger partial charge in [-0.2, -0.15) is 0 Å². The molecule has 0 saturated heterocycles. The maximum atomic E-state index is 11.4. The average Bonchev–Trinajstić information content (AvgIpc) is 3.01. The standard InChI is InChI=1S/C18H21NO5/c1-12(2)19(11-17(20)21)10-15-8-9-16(24-15)13-4-6-14(7-5-13)18(22)23-3/h4-9,12H,10-11H2,1-3H3,(H,20,21). The summed E-state index contributed by atoms with van der Waals surface area (Å²) in [6, 6.07) is 10.7. The summed E-state index contributed by atoms with van der Waals surface area (Å²) in [5.74, 6) is 0.106. The van der Waals surface area contributed by atoms with Crippen LogP contribution in [0.4, 0.5) is 0 Å². The number of furan rings is 1. The lowest BCUT2D eigenvalue weighted by atomic mass is 10.1. The lowest BCUT2D eigenvalue weighted by molar-refractivity contribution is -0.139. The van der Waals surface area contributed by atoms with Crippen LogP contribution in [-0.2, 0) is 16.1 Å². The number of aliphatic carboxylic acids is 1. The van der Waals surface area contributed by atoms with Gasteiger partial charge >= 0.3 is 11.9 Å². The first-order chi connectivity index (χ1) is 11.4. The predicted octanol–water partition coefficient (Wildman–Crippen LogP) is 3.03. The highest BCUT2D eigenvalue weighted by Crippen LogP contribution is 2.24. The Labute approximate surface area is 140 Å². The average molecular weight is 331 g/mol. The number of nitrogens with zero attached hydrogens (tertiary/aromatic N) is 1. The molecule has 0 atom stereocenters. The summed E-state index contributed by atoms with van der Waals surface area (Å²) in [5.41, 5.74) is 1.31. The maximum Gasteiger partial charge on any atom is 0.337 e. The van der Waals surface area contributed by atoms with E-state index in [4.69, 9.17) is 9.52 Å². The van der Waals surface area contributed by atoms with Gasteiger partial charge in [-0.05, 0) is 38.1 Å². The molecule has 128 valence electrons. The molecule has 1 heterocycles. The zero-order chi connectivity index (χ0) is 17.7. The number of carbonyl (C=O) groups excluding carboxylic acids is 1. The number of hydrogen-bond donors (Lipinski definition) is 1. The second kappa shape index (κ2) is 7.79. The number of methoxy groups -OCH3 is 1. The fraction of sp³-hybridized carbons (Fsp3) is 0.333. The number of carbonyl (C=O) groups is 2. The van der Waals surface area contributed by atoms with E-state index in [2.05, 4.69) is 4.74 Å². The second-order valence-electron chi connectivity index (χ2n) is 5.73. The zero-order valence-corrected chi connectivity index (χ0v) is 14.0. The van der Waals surface area contributed by atoms with Crippen molar-refractivity contribution in [3.05, 3.63) is 47.7 Å². The van der Waals surface area contributed by atoms with Crippen LogP contribution in [0.3, 0.4) is 0 Å². The Morgan fingerprint density at radius 3 is 2.38 bits per heavy atom. The number of hydrogen-bond acceptors (Lipinski definition) is 5. The molecule has 0 unspecified atom stereocenters. The lowest BCUT2D eigenvalue weighted by Gasteiger charge is -2.23. The van der Waals surface area contributed by atoms with Crippen LogP contribution >= 0.6 is 0 Å². The number of rotatable bonds is 7. The molecule has 6 heteroatoms. The van der Waals surface area contributed by atoms with Crippen LogP contribution in [0.1, 0.15) is 30.0 Å². The van der Waals surface area contributed by atoms with Gasteiger partial charge in [0.1, 0.15) is 11.5 Å². The van der Waals surface area contributed by atoms with E-state index >= 15 is 0 Å². The summed E-state index contributed by atoms with van der Waals surface area (Å²) in [7, 11) is 1.34. The number of carboxylic acid groups (broad SMARTS) is 1. The Kier molecular flexibility index (Phi) is 5.76. The van der Waals surface area contributed by atoms with Crippen LogP contribution in [0.2, 0.25) is 0 Å². The summed E-state index contributed by atoms with van der Waals surface area (Å²) < 4.78 is 10.5. The van der Waals surface area contributed by atoms with E-state index in [-0.39, 0.29) is 18.6 Å². The minimum Gasteiger partial charge on any atom is -0.480 e. The highest BCUT2D eigenvalue weighted by molar-refractivity contribution is 5.89. The van der Waals surface area contributed by atoms with Crippen LogP contribution in [0, 0.1) is 0 Å². The normalized spacial score (nSPS) is 11.0. The molecule has 0 saturated carbocycles. The minimum absolute atomic E-state index is 0.0402. The van der Waals surface area contributed by atoms with E-state index in [1.54, 1.807) is 24.3 Å². The molecule has 0 radical (unpaired) electrons. The Morgan fingerprint density at radius 1 is 1.17 bits per heavy atom. The summed E-state index contributed by atoms with van der Waals surface area (Å²) in [6.45, 7) is 4.27. The topological polar surface area (TPSA) is 80.0 Å². The van der Waals surface area contributed by atoms with Crippen molar-refractivity contribution in [1.82, 2.24) is 4.90 Å². The van der Waals surface area contributed by atoms with Gasteiger partial charge in [-0.25, -0.2) is 4.79 Å². The molecular weight excluding hydrogens is 310 g/mol. The molecule has 1 aromatic heterocycles. The molecule has 0 aliphatic heterocycles. The van der Waals surface area contributed by atoms with Crippen LogP contribution < -0.4 is 0 Å². The molecule has 2 aromatic rings. The molecular formula is C18H21NO5. The van der Waals surface area contributed by atoms with Crippen molar-refractivity contribution < 1.29 is 23.8 Å². The van der Waals surface area contributed by atoms with Crippen LogP contribution in [0.15, 0.2) is 40.8 Å². The van der Waals surface area contributed by atoms with Gasteiger partial charge in [0.2, 0.25) is 0 Å². The summed E-state index contributed by atoms with van der Waals surface area (Å²) in [4.78, 5) is 24.2. The van der Waals surface area contributed by atoms with Gasteiger partial charge in [0.25, 0.3) is 0 Å². The smallest absolute Gasteiger partial charge is 0.337 e. The molecule has 0 fully saturated rings. The Hall–Kier alpha value is -2.60. The SMILES string of the molecule is COC(=O)c1ccc(-c2ccc(CN(CC(=O)O)C(C)C)o2)cc1. The first kappa shape index (κ1) is 17.7. The predicted molar refractivity (Wildman–Crippen MR) is 88.7 cm³/mol. The van der Waals surface area contributed by atoms with Crippen LogP contribution in [-0.4, -0.2) is 41.6 Å². The quantitative estimate of drug-likeness (QED) is 0.786. The Bertz CT molecular complexity index is 702. The van der Waals surface area contributed by atoms with Crippen molar-refractivity contribution in [3.8, 4) is 11.3 Å². The van der Waals surface area contributed by atoms with Crippen molar-refractivity contribution in [1.29, 1.82) is 0 Å². The number of benzene rings is 1. The second-order valence-corrected chi connectivity index (χ2v) is 5.73. The number of ether oxygens (including phenoxy) is 1. The van der Waals surface area contributed by atoms with Crippen molar-refractivity contribution in [3.63, 3.8) is 0 Å². The molecule has 0 aliphatic carbocycles. The molecule has 0 amide bonds. The van der Waals surface area contributed by atoms with Gasteiger partial charge in [-0.15, -0.1) is 0 Å². The van der Waals surface area contributed by atoms with Crippen molar-refractivity contribution in [2.24, 2.45) is 0 Å². The van der Waals surface area contributed by atoms with Gasteiger partial charge < -0.3 is 14.3 Å². The molecule has 0 aliphatic rings. The van der Waals surface area contributed by atoms with E-state index in [0.717, 1.165) is 5.56 Å². The fourth-order valence-corrected chi connectivity index (χ4v) is 2.30. The summed E-state index contributed by atoms with van der Waals surface area (Å²) in [6.07, 6.45) is 0. The summed E-state index contributed by atoms with van der Waals surface area (Å²) >= 11 is 0. The van der Waals surface area contributed by atoms with Gasteiger partial charge in [-0.3, -0.25) is 9.69 Å². The third kappa shape index (κ3) is 4.45. The van der Waals surface area contributed by atoms with Crippen molar-refractivity contribution in [2.45, 2.75) is 26.4 Å². The highest BCUT2D eigenvalue weighted by Gasteiger charge is 2.16. The third-order valence-electron chi connectivity index (χ3n) is 3.68. The molecule has 1 aromatic carbocycles. The first-order valence-electron chi connectivity index (χ1n) is 7.64. The molecule has 0 spiro atoms. The monoisotopic (exact) mass is 331 g/mol. The minimum atomic E-state index is -0.867. The van der Waals surface area contributed by atoms with E-state index in [0.29, 0.717) is 23.6 Å². The number of carboxylic acids is 1. The largest absolute Gasteiger partial charge is 0.480 e. The van der Waals surface area contributed by atoms with Gasteiger partial charge in [0.05, 0.1) is 25.8 Å². The molecule has 2 rings (SSSR count). The van der Waals surface area contributed by atoms with Crippen LogP contribution in [0.25, 0.3) is 11.3 Å². The Balaban J connectivity index is 2.12. The van der Waals surface area contributed by atoms with Gasteiger partial charge in [0.15, 0.2) is 0 Å². The maximum absolute atomic E-state index is 11.4. The van der Waals surface area contributed by atoms with Crippen molar-refractivity contribution >= 4 is 11.9 Å². The first-order valence-corrected chi connectivity index (χ1v) is 7.64. The number of esters is 1. The fourth-order valence-electron chi connectivity index (χ4n) is 2.30.